The van der Waals surface area contributed by atoms with E-state index in [1.165, 1.54) is 11.8 Å². The van der Waals surface area contributed by atoms with Gasteiger partial charge in [0.2, 0.25) is 0 Å². The summed E-state index contributed by atoms with van der Waals surface area (Å²) >= 11 is 1.27. The van der Waals surface area contributed by atoms with Gasteiger partial charge in [0.25, 0.3) is 5.69 Å². The molecule has 1 aliphatic heterocycles. The summed E-state index contributed by atoms with van der Waals surface area (Å²) in [4.78, 5) is 13.7. The molecule has 0 atom stereocenters. The van der Waals surface area contributed by atoms with E-state index in [0.29, 0.717) is 10.1 Å². The molecule has 1 saturated heterocycles. The molecular weight excluding hydrogens is 304 g/mol. The number of nitro benzene ring substituents is 1. The maximum Gasteiger partial charge on any atom is 0.283 e. The van der Waals surface area contributed by atoms with Gasteiger partial charge in [0.15, 0.2) is 5.16 Å². The number of quaternary nitrogens is 1. The van der Waals surface area contributed by atoms with Crippen LogP contribution in [0.2, 0.25) is 0 Å². The summed E-state index contributed by atoms with van der Waals surface area (Å²) < 4.78 is 1.75. The Kier molecular flexibility index (Phi) is 4.25. The lowest BCUT2D eigenvalue weighted by molar-refractivity contribution is -0.655. The van der Waals surface area contributed by atoms with Gasteiger partial charge in [-0.3, -0.25) is 10.1 Å². The van der Waals surface area contributed by atoms with Crippen molar-refractivity contribution in [2.75, 3.05) is 31.1 Å². The number of aryl methyl sites for hydroxylation is 1. The largest absolute Gasteiger partial charge is 0.360 e. The highest BCUT2D eigenvalue weighted by Crippen LogP contribution is 2.36. The molecule has 22 heavy (non-hydrogen) atoms. The summed E-state index contributed by atoms with van der Waals surface area (Å²) in [7, 11) is 1.82. The second kappa shape index (κ2) is 6.32. The van der Waals surface area contributed by atoms with Crippen molar-refractivity contribution in [3.8, 4) is 0 Å². The minimum Gasteiger partial charge on any atom is -0.360 e. The minimum absolute atomic E-state index is 0.0975. The number of hydrogen-bond donors (Lipinski definition) is 1. The quantitative estimate of drug-likeness (QED) is 0.641. The molecule has 0 aliphatic carbocycles. The first-order chi connectivity index (χ1) is 10.6. The van der Waals surface area contributed by atoms with Crippen molar-refractivity contribution in [1.82, 2.24) is 14.8 Å². The van der Waals surface area contributed by atoms with E-state index in [0.717, 1.165) is 31.9 Å². The predicted molar refractivity (Wildman–Crippen MR) is 82.1 cm³/mol. The Hall–Kier alpha value is -2.13. The van der Waals surface area contributed by atoms with Crippen LogP contribution in [0.3, 0.4) is 0 Å². The molecule has 9 heteroatoms. The fourth-order valence-electron chi connectivity index (χ4n) is 2.40. The first kappa shape index (κ1) is 14.8. The Morgan fingerprint density at radius 3 is 2.77 bits per heavy atom. The lowest BCUT2D eigenvalue weighted by Gasteiger charge is -2.27. The highest BCUT2D eigenvalue weighted by molar-refractivity contribution is 7.99. The second-order valence-corrected chi connectivity index (χ2v) is 6.10. The number of nitrogens with two attached hydrogens (primary N) is 1. The van der Waals surface area contributed by atoms with Gasteiger partial charge < -0.3 is 14.8 Å². The van der Waals surface area contributed by atoms with E-state index in [9.17, 15) is 10.1 Å². The van der Waals surface area contributed by atoms with Crippen LogP contribution in [-0.2, 0) is 7.05 Å². The topological polar surface area (TPSA) is 93.7 Å². The number of rotatable bonds is 4. The fraction of sp³-hybridized carbons (Fsp3) is 0.385. The van der Waals surface area contributed by atoms with E-state index in [1.54, 1.807) is 17.0 Å². The number of benzene rings is 1. The zero-order valence-corrected chi connectivity index (χ0v) is 13.0. The van der Waals surface area contributed by atoms with E-state index in [2.05, 4.69) is 20.4 Å². The Labute approximate surface area is 131 Å². The molecule has 0 bridgehead atoms. The van der Waals surface area contributed by atoms with Crippen LogP contribution >= 0.6 is 11.8 Å². The number of aromatic nitrogens is 3. The smallest absolute Gasteiger partial charge is 0.283 e. The summed E-state index contributed by atoms with van der Waals surface area (Å²) in [5, 5.41) is 22.0. The van der Waals surface area contributed by atoms with Crippen LogP contribution in [-0.4, -0.2) is 45.9 Å². The zero-order chi connectivity index (χ0) is 15.5. The number of hydrogen-bond acceptors (Lipinski definition) is 6. The summed E-state index contributed by atoms with van der Waals surface area (Å²) in [5.41, 5.74) is 1.11. The fourth-order valence-corrected chi connectivity index (χ4v) is 3.31. The van der Waals surface area contributed by atoms with Gasteiger partial charge >= 0.3 is 0 Å². The maximum absolute atomic E-state index is 11.3. The lowest BCUT2D eigenvalue weighted by Crippen LogP contribution is -2.89. The molecule has 0 amide bonds. The van der Waals surface area contributed by atoms with E-state index in [-0.39, 0.29) is 10.6 Å². The maximum atomic E-state index is 11.3. The van der Waals surface area contributed by atoms with E-state index in [1.807, 2.05) is 19.2 Å². The number of nitrogens with zero attached hydrogens (tertiary/aromatic N) is 5. The van der Waals surface area contributed by atoms with E-state index >= 15 is 0 Å². The van der Waals surface area contributed by atoms with Crippen LogP contribution < -0.4 is 10.2 Å². The van der Waals surface area contributed by atoms with Crippen molar-refractivity contribution < 1.29 is 10.2 Å². The molecule has 0 spiro atoms. The Balaban J connectivity index is 1.93. The Morgan fingerprint density at radius 2 is 2.14 bits per heavy atom. The molecule has 0 unspecified atom stereocenters. The van der Waals surface area contributed by atoms with Gasteiger partial charge in [-0.25, -0.2) is 0 Å². The molecule has 0 radical (unpaired) electrons. The summed E-state index contributed by atoms with van der Waals surface area (Å²) in [6.07, 6.45) is 1.58. The van der Waals surface area contributed by atoms with Gasteiger partial charge in [-0.2, -0.15) is 0 Å². The summed E-state index contributed by atoms with van der Waals surface area (Å²) in [6, 6.07) is 5.28. The molecule has 2 heterocycles. The Morgan fingerprint density at radius 1 is 1.36 bits per heavy atom. The van der Waals surface area contributed by atoms with Crippen LogP contribution in [0.5, 0.6) is 0 Å². The van der Waals surface area contributed by atoms with E-state index < -0.39 is 0 Å². The van der Waals surface area contributed by atoms with Gasteiger partial charge in [-0.1, -0.05) is 0 Å². The second-order valence-electron chi connectivity index (χ2n) is 5.09. The first-order valence-electron chi connectivity index (χ1n) is 7.02. The van der Waals surface area contributed by atoms with Crippen molar-refractivity contribution in [2.24, 2.45) is 7.05 Å². The van der Waals surface area contributed by atoms with Crippen LogP contribution in [0.1, 0.15) is 0 Å². The van der Waals surface area contributed by atoms with Crippen LogP contribution in [0.4, 0.5) is 11.4 Å². The molecule has 1 aromatic heterocycles. The highest BCUT2D eigenvalue weighted by atomic mass is 32.2. The molecule has 1 aliphatic rings. The van der Waals surface area contributed by atoms with E-state index in [4.69, 9.17) is 0 Å². The molecule has 1 aromatic carbocycles. The number of nitro groups is 1. The van der Waals surface area contributed by atoms with Gasteiger partial charge in [-0.15, -0.1) is 10.2 Å². The van der Waals surface area contributed by atoms with Gasteiger partial charge in [0, 0.05) is 18.8 Å². The van der Waals surface area contributed by atoms with Crippen LogP contribution in [0.15, 0.2) is 34.6 Å². The number of piperazine rings is 1. The molecule has 1 fully saturated rings. The third-order valence-electron chi connectivity index (χ3n) is 3.58. The molecule has 2 aromatic rings. The molecule has 116 valence electrons. The third-order valence-corrected chi connectivity index (χ3v) is 4.68. The number of anilines is 1. The molecule has 3 rings (SSSR count). The van der Waals surface area contributed by atoms with Crippen molar-refractivity contribution in [3.05, 3.63) is 34.6 Å². The predicted octanol–water partition coefficient (Wildman–Crippen LogP) is 0.258. The lowest BCUT2D eigenvalue weighted by atomic mass is 10.2. The van der Waals surface area contributed by atoms with Crippen molar-refractivity contribution in [1.29, 1.82) is 0 Å². The van der Waals surface area contributed by atoms with Crippen molar-refractivity contribution >= 4 is 23.1 Å². The molecular formula is C13H17N6O2S+. The van der Waals surface area contributed by atoms with Gasteiger partial charge in [0.05, 0.1) is 36.0 Å². The summed E-state index contributed by atoms with van der Waals surface area (Å²) in [5.74, 6) is 0. The van der Waals surface area contributed by atoms with Crippen molar-refractivity contribution in [3.63, 3.8) is 0 Å². The van der Waals surface area contributed by atoms with Gasteiger partial charge in [-0.05, 0) is 23.9 Å². The monoisotopic (exact) mass is 321 g/mol. The van der Waals surface area contributed by atoms with Gasteiger partial charge in [0.1, 0.15) is 6.33 Å². The van der Waals surface area contributed by atoms with Crippen LogP contribution in [0.25, 0.3) is 0 Å². The zero-order valence-electron chi connectivity index (χ0n) is 12.2. The molecule has 8 nitrogen and oxygen atoms in total. The highest BCUT2D eigenvalue weighted by Gasteiger charge is 2.20. The molecule has 2 N–H and O–H groups in total. The average Bonchev–Trinajstić information content (AvgIpc) is 2.93. The SMILES string of the molecule is Cn1cnnc1Sc1cc(N2CC[NH2+]CC2)ccc1[N+](=O)[O-]. The molecule has 0 saturated carbocycles. The first-order valence-corrected chi connectivity index (χ1v) is 7.83. The minimum atomic E-state index is -0.355. The standard InChI is InChI=1S/C13H16N6O2S/c1-17-9-15-16-13(17)22-12-8-10(2-3-11(12)19(20)21)18-6-4-14-5-7-18/h2-3,8-9,14H,4-7H2,1H3/p+1. The average molecular weight is 321 g/mol. The van der Waals surface area contributed by atoms with Crippen LogP contribution in [0, 0.1) is 10.1 Å². The normalized spacial score (nSPS) is 15.0. The Bertz CT molecular complexity index is 683. The summed E-state index contributed by atoms with van der Waals surface area (Å²) in [6.45, 7) is 3.99. The third kappa shape index (κ3) is 3.04. The van der Waals surface area contributed by atoms with Crippen molar-refractivity contribution in [2.45, 2.75) is 10.1 Å².